The Morgan fingerprint density at radius 3 is 1.81 bits per heavy atom. The Bertz CT molecular complexity index is 511. The maximum atomic E-state index is 11.0. The summed E-state index contributed by atoms with van der Waals surface area (Å²) in [6.07, 6.45) is 0. The van der Waals surface area contributed by atoms with Crippen LogP contribution in [0.5, 0.6) is 5.75 Å². The first-order valence-corrected chi connectivity index (χ1v) is 7.74. The quantitative estimate of drug-likeness (QED) is 0.643. The summed E-state index contributed by atoms with van der Waals surface area (Å²) in [5, 5.41) is 0. The average Bonchev–Trinajstić information content (AvgIpc) is 2.11. The second-order valence-electron chi connectivity index (χ2n) is 6.79. The van der Waals surface area contributed by atoms with Gasteiger partial charge in [0.2, 0.25) is 0 Å². The second-order valence-corrected chi connectivity index (χ2v) is 7.96. The van der Waals surface area contributed by atoms with Gasteiger partial charge in [0.1, 0.15) is 5.75 Å². The lowest BCUT2D eigenvalue weighted by atomic mass is 9.80. The van der Waals surface area contributed by atoms with Crippen LogP contribution in [0.25, 0.3) is 0 Å². The first-order chi connectivity index (χ1) is 8.31. The van der Waals surface area contributed by atoms with E-state index in [-0.39, 0.29) is 39.4 Å². The van der Waals surface area contributed by atoms with Crippen molar-refractivity contribution in [1.29, 1.82) is 0 Å². The van der Waals surface area contributed by atoms with Crippen molar-refractivity contribution >= 4 is 25.2 Å². The highest BCUT2D eigenvalue weighted by molar-refractivity contribution is 7.46. The molecular formula is C14H25AlO5P. The minimum Gasteiger partial charge on any atom is -0.412 e. The van der Waals surface area contributed by atoms with Crippen LogP contribution < -0.4 is 4.52 Å². The number of hydrogen-bond acceptors (Lipinski definition) is 2. The number of phosphoric ester groups is 1. The molecule has 0 aliphatic carbocycles. The minimum absolute atomic E-state index is 0. The van der Waals surface area contributed by atoms with Crippen LogP contribution in [-0.2, 0) is 15.4 Å². The maximum absolute atomic E-state index is 11.0. The molecule has 0 heterocycles. The van der Waals surface area contributed by atoms with E-state index in [1.165, 1.54) is 0 Å². The van der Waals surface area contributed by atoms with Crippen LogP contribution in [0.4, 0.5) is 0 Å². The van der Waals surface area contributed by atoms with Gasteiger partial charge in [0.25, 0.3) is 0 Å². The predicted octanol–water partition coefficient (Wildman–Crippen LogP) is 2.55. The monoisotopic (exact) mass is 331 g/mol. The third kappa shape index (κ3) is 6.97. The molecule has 3 radical (unpaired) electrons. The van der Waals surface area contributed by atoms with E-state index >= 15 is 0 Å². The molecule has 0 amide bonds. The minimum atomic E-state index is -4.54. The Balaban J connectivity index is 0. The molecule has 21 heavy (non-hydrogen) atoms. The molecule has 119 valence electrons. The molecule has 7 heteroatoms. The van der Waals surface area contributed by atoms with Gasteiger partial charge in [-0.2, -0.15) is 0 Å². The lowest BCUT2D eigenvalue weighted by molar-refractivity contribution is 0.281. The van der Waals surface area contributed by atoms with E-state index < -0.39 is 7.82 Å². The molecular weight excluding hydrogens is 306 g/mol. The molecule has 0 saturated heterocycles. The lowest BCUT2D eigenvalue weighted by Crippen LogP contribution is -2.17. The molecule has 0 unspecified atom stereocenters. The summed E-state index contributed by atoms with van der Waals surface area (Å²) in [4.78, 5) is 18.0. The fourth-order valence-electron chi connectivity index (χ4n) is 1.79. The molecule has 0 saturated carbocycles. The van der Waals surface area contributed by atoms with E-state index in [2.05, 4.69) is 20.8 Å². The van der Waals surface area contributed by atoms with E-state index in [0.717, 1.165) is 11.1 Å². The lowest BCUT2D eigenvalue weighted by Gasteiger charge is -2.27. The molecule has 0 bridgehead atoms. The van der Waals surface area contributed by atoms with Crippen LogP contribution in [0, 0.1) is 0 Å². The largest absolute Gasteiger partial charge is 0.524 e. The molecule has 1 aromatic carbocycles. The van der Waals surface area contributed by atoms with Crippen molar-refractivity contribution in [2.45, 2.75) is 52.4 Å². The van der Waals surface area contributed by atoms with Crippen molar-refractivity contribution in [3.05, 3.63) is 29.3 Å². The second kappa shape index (κ2) is 7.28. The number of rotatable bonds is 2. The van der Waals surface area contributed by atoms with Gasteiger partial charge in [0, 0.05) is 22.9 Å². The van der Waals surface area contributed by atoms with Crippen LogP contribution >= 0.6 is 7.82 Å². The summed E-state index contributed by atoms with van der Waals surface area (Å²) in [5.41, 5.74) is 1.62. The Labute approximate surface area is 137 Å². The zero-order valence-electron chi connectivity index (χ0n) is 13.5. The molecule has 1 rings (SSSR count). The van der Waals surface area contributed by atoms with Crippen LogP contribution in [-0.4, -0.2) is 32.6 Å². The zero-order valence-corrected chi connectivity index (χ0v) is 15.5. The van der Waals surface area contributed by atoms with E-state index in [1.54, 1.807) is 6.07 Å². The molecule has 0 aromatic heterocycles. The van der Waals surface area contributed by atoms with Gasteiger partial charge in [-0.3, -0.25) is 9.79 Å². The predicted molar refractivity (Wildman–Crippen MR) is 85.9 cm³/mol. The van der Waals surface area contributed by atoms with Gasteiger partial charge in [-0.05, 0) is 22.5 Å². The van der Waals surface area contributed by atoms with Crippen molar-refractivity contribution in [2.24, 2.45) is 0 Å². The van der Waals surface area contributed by atoms with Gasteiger partial charge in [-0.15, -0.1) is 0 Å². The highest BCUT2D eigenvalue weighted by Gasteiger charge is 2.26. The normalized spacial score (nSPS) is 12.2. The van der Waals surface area contributed by atoms with Gasteiger partial charge in [-0.1, -0.05) is 53.7 Å². The van der Waals surface area contributed by atoms with Crippen molar-refractivity contribution in [2.75, 3.05) is 0 Å². The molecule has 5 nitrogen and oxygen atoms in total. The highest BCUT2D eigenvalue weighted by atomic mass is 31.2. The Kier molecular flexibility index (Phi) is 7.96. The number of phosphoric acid groups is 1. The van der Waals surface area contributed by atoms with E-state index in [1.807, 2.05) is 32.9 Å². The summed E-state index contributed by atoms with van der Waals surface area (Å²) in [6, 6.07) is 5.45. The average molecular weight is 331 g/mol. The first-order valence-electron chi connectivity index (χ1n) is 6.21. The molecule has 0 aliphatic heterocycles. The zero-order chi connectivity index (χ0) is 15.1. The highest BCUT2D eigenvalue weighted by Crippen LogP contribution is 2.43. The third-order valence-electron chi connectivity index (χ3n) is 2.87. The fraction of sp³-hybridized carbons (Fsp3) is 0.571. The topological polar surface area (TPSA) is 98.3 Å². The van der Waals surface area contributed by atoms with Crippen molar-refractivity contribution in [1.82, 2.24) is 0 Å². The smallest absolute Gasteiger partial charge is 0.412 e. The first kappa shape index (κ1) is 22.9. The van der Waals surface area contributed by atoms with Gasteiger partial charge in [0.15, 0.2) is 0 Å². The number of hydrogen-bond donors (Lipinski definition) is 2. The standard InChI is InChI=1S/C14H23O4P.Al.H2O/c1-13(2,3)10-7-8-12(18-19(15,16)17)11(9-10)14(4,5)6;;/h7-9H,1-6H3,(H2,15,16,17);;1H2. The van der Waals surface area contributed by atoms with Crippen LogP contribution in [0.1, 0.15) is 52.7 Å². The van der Waals surface area contributed by atoms with E-state index in [9.17, 15) is 4.57 Å². The molecule has 0 atom stereocenters. The van der Waals surface area contributed by atoms with Crippen LogP contribution in [0.15, 0.2) is 18.2 Å². The van der Waals surface area contributed by atoms with Gasteiger partial charge in [0.05, 0.1) is 0 Å². The Hall–Kier alpha value is -0.338. The summed E-state index contributed by atoms with van der Waals surface area (Å²) in [6.45, 7) is 12.2. The van der Waals surface area contributed by atoms with E-state index in [4.69, 9.17) is 14.3 Å². The van der Waals surface area contributed by atoms with Crippen molar-refractivity contribution < 1.29 is 24.4 Å². The molecule has 0 fully saturated rings. The summed E-state index contributed by atoms with van der Waals surface area (Å²) in [5.74, 6) is 0.244. The van der Waals surface area contributed by atoms with Gasteiger partial charge < -0.3 is 10.00 Å². The Morgan fingerprint density at radius 2 is 1.48 bits per heavy atom. The van der Waals surface area contributed by atoms with Gasteiger partial charge >= 0.3 is 7.82 Å². The van der Waals surface area contributed by atoms with Crippen molar-refractivity contribution in [3.8, 4) is 5.75 Å². The van der Waals surface area contributed by atoms with Crippen LogP contribution in [0.3, 0.4) is 0 Å². The fourth-order valence-corrected chi connectivity index (χ4v) is 2.21. The third-order valence-corrected chi connectivity index (χ3v) is 3.31. The summed E-state index contributed by atoms with van der Waals surface area (Å²) >= 11 is 0. The maximum Gasteiger partial charge on any atom is 0.524 e. The molecule has 0 spiro atoms. The molecule has 1 aromatic rings. The molecule has 0 aliphatic rings. The number of benzene rings is 1. The summed E-state index contributed by atoms with van der Waals surface area (Å²) < 4.78 is 15.8. The van der Waals surface area contributed by atoms with E-state index in [0.29, 0.717) is 0 Å². The molecule has 4 N–H and O–H groups in total. The van der Waals surface area contributed by atoms with Gasteiger partial charge in [-0.25, -0.2) is 4.57 Å². The summed E-state index contributed by atoms with van der Waals surface area (Å²) in [7, 11) is -4.54. The van der Waals surface area contributed by atoms with Crippen molar-refractivity contribution in [3.63, 3.8) is 0 Å². The van der Waals surface area contributed by atoms with Crippen LogP contribution in [0.2, 0.25) is 0 Å². The Morgan fingerprint density at radius 1 is 1.00 bits per heavy atom. The SMILES string of the molecule is CC(C)(C)c1ccc(OP(=O)(O)O)c(C(C)(C)C)c1.O.[Al].